The first kappa shape index (κ1) is 20.8. The van der Waals surface area contributed by atoms with Crippen molar-refractivity contribution in [1.82, 2.24) is 9.66 Å². The fraction of sp³-hybridized carbons (Fsp3) is 0.120. The molecule has 7 nitrogen and oxygen atoms in total. The molecule has 0 atom stereocenters. The molecule has 1 N–H and O–H groups in total. The van der Waals surface area contributed by atoms with Crippen molar-refractivity contribution >= 4 is 34.8 Å². The number of fused-ring (bicyclic) bond motifs is 1. The number of benzene rings is 2. The molecule has 4 aromatic rings. The molecule has 5 rings (SSSR count). The number of rotatable bonds is 4. The summed E-state index contributed by atoms with van der Waals surface area (Å²) < 4.78 is 7.32. The number of aryl methyl sites for hydroxylation is 2. The maximum Gasteiger partial charge on any atom is 0.262 e. The first-order valence-electron chi connectivity index (χ1n) is 10.4. The van der Waals surface area contributed by atoms with Crippen molar-refractivity contribution < 1.29 is 9.53 Å². The van der Waals surface area contributed by atoms with E-state index < -0.39 is 0 Å². The van der Waals surface area contributed by atoms with Crippen LogP contribution in [-0.2, 0) is 4.79 Å². The van der Waals surface area contributed by atoms with Gasteiger partial charge in [0.25, 0.3) is 5.91 Å². The Morgan fingerprint density at radius 2 is 1.97 bits per heavy atom. The quantitative estimate of drug-likeness (QED) is 0.454. The molecule has 164 valence electrons. The number of aromatic nitrogens is 2. The zero-order valence-corrected chi connectivity index (χ0v) is 19.0. The first-order chi connectivity index (χ1) is 16.1. The number of anilines is 1. The van der Waals surface area contributed by atoms with Crippen LogP contribution in [0.15, 0.2) is 76.4 Å². The van der Waals surface area contributed by atoms with Gasteiger partial charge in [-0.1, -0.05) is 17.7 Å². The van der Waals surface area contributed by atoms with Gasteiger partial charge in [-0.2, -0.15) is 5.10 Å². The predicted octanol–water partition coefficient (Wildman–Crippen LogP) is 4.67. The van der Waals surface area contributed by atoms with Crippen LogP contribution in [-0.4, -0.2) is 28.4 Å². The molecule has 0 spiro atoms. The first-order valence-corrected chi connectivity index (χ1v) is 11.3. The van der Waals surface area contributed by atoms with Gasteiger partial charge in [-0.15, -0.1) is 11.3 Å². The second-order valence-electron chi connectivity index (χ2n) is 7.69. The van der Waals surface area contributed by atoms with Crippen LogP contribution in [0.2, 0.25) is 0 Å². The van der Waals surface area contributed by atoms with Gasteiger partial charge in [-0.05, 0) is 61.4 Å². The Bertz CT molecular complexity index is 1440. The predicted molar refractivity (Wildman–Crippen MR) is 130 cm³/mol. The Morgan fingerprint density at radius 1 is 1.12 bits per heavy atom. The number of amides is 1. The molecule has 0 fully saturated rings. The van der Waals surface area contributed by atoms with E-state index in [2.05, 4.69) is 36.3 Å². The molecule has 0 saturated carbocycles. The summed E-state index contributed by atoms with van der Waals surface area (Å²) in [5.41, 5.74) is 6.52. The molecule has 8 heteroatoms. The van der Waals surface area contributed by atoms with E-state index in [1.807, 2.05) is 46.5 Å². The Kier molecular flexibility index (Phi) is 5.58. The summed E-state index contributed by atoms with van der Waals surface area (Å²) in [7, 11) is 0. The molecule has 1 amide bonds. The van der Waals surface area contributed by atoms with Gasteiger partial charge < -0.3 is 10.1 Å². The zero-order valence-electron chi connectivity index (χ0n) is 18.1. The van der Waals surface area contributed by atoms with Crippen molar-refractivity contribution in [1.29, 1.82) is 0 Å². The maximum atomic E-state index is 11.8. The Morgan fingerprint density at radius 3 is 2.79 bits per heavy atom. The maximum absolute atomic E-state index is 11.8. The van der Waals surface area contributed by atoms with E-state index >= 15 is 0 Å². The fourth-order valence-corrected chi connectivity index (χ4v) is 4.39. The van der Waals surface area contributed by atoms with Gasteiger partial charge in [0.2, 0.25) is 4.80 Å². The average Bonchev–Trinajstić information content (AvgIpc) is 3.22. The molecule has 1 aliphatic rings. The Balaban J connectivity index is 1.64. The van der Waals surface area contributed by atoms with Gasteiger partial charge in [0, 0.05) is 23.3 Å². The van der Waals surface area contributed by atoms with Crippen molar-refractivity contribution in [2.24, 2.45) is 10.1 Å². The number of hydrogen-bond donors (Lipinski definition) is 1. The number of pyridine rings is 1. The summed E-state index contributed by atoms with van der Waals surface area (Å²) in [6, 6.07) is 15.7. The summed E-state index contributed by atoms with van der Waals surface area (Å²) in [5.74, 6) is 0.486. The highest BCUT2D eigenvalue weighted by atomic mass is 32.1. The van der Waals surface area contributed by atoms with E-state index in [1.165, 1.54) is 16.9 Å². The van der Waals surface area contributed by atoms with Crippen LogP contribution >= 0.6 is 11.3 Å². The molecule has 0 unspecified atom stereocenters. The van der Waals surface area contributed by atoms with Gasteiger partial charge in [-0.25, -0.2) is 9.67 Å². The smallest absolute Gasteiger partial charge is 0.262 e. The van der Waals surface area contributed by atoms with Crippen molar-refractivity contribution in [2.75, 3.05) is 11.9 Å². The summed E-state index contributed by atoms with van der Waals surface area (Å²) in [6.07, 6.45) is 5.24. The van der Waals surface area contributed by atoms with Gasteiger partial charge >= 0.3 is 0 Å². The molecule has 33 heavy (non-hydrogen) atoms. The van der Waals surface area contributed by atoms with Crippen LogP contribution in [0.4, 0.5) is 11.4 Å². The lowest BCUT2D eigenvalue weighted by molar-refractivity contribution is -0.118. The van der Waals surface area contributed by atoms with Crippen molar-refractivity contribution in [3.63, 3.8) is 0 Å². The van der Waals surface area contributed by atoms with Crippen LogP contribution in [0.5, 0.6) is 5.75 Å². The monoisotopic (exact) mass is 455 g/mol. The molecule has 0 aliphatic carbocycles. The van der Waals surface area contributed by atoms with Crippen molar-refractivity contribution in [3.8, 4) is 17.0 Å². The third kappa shape index (κ3) is 4.47. The number of carbonyl (C=O) groups excluding carboxylic acids is 1. The molecule has 0 bridgehead atoms. The normalized spacial score (nSPS) is 13.6. The molecule has 2 aromatic carbocycles. The van der Waals surface area contributed by atoms with Gasteiger partial charge in [-0.3, -0.25) is 9.78 Å². The lowest BCUT2D eigenvalue weighted by Gasteiger charge is -2.18. The van der Waals surface area contributed by atoms with Gasteiger partial charge in [0.15, 0.2) is 6.61 Å². The highest BCUT2D eigenvalue weighted by Gasteiger charge is 2.18. The van der Waals surface area contributed by atoms with Crippen LogP contribution in [0.1, 0.15) is 16.7 Å². The topological polar surface area (TPSA) is 80.9 Å². The number of ether oxygens (including phenoxy) is 1. The second kappa shape index (κ2) is 8.84. The van der Waals surface area contributed by atoms with Crippen LogP contribution in [0, 0.1) is 13.8 Å². The Labute approximate surface area is 194 Å². The number of nitrogens with zero attached hydrogens (tertiary/aromatic N) is 4. The fourth-order valence-electron chi connectivity index (χ4n) is 3.54. The van der Waals surface area contributed by atoms with E-state index in [0.717, 1.165) is 32.9 Å². The van der Waals surface area contributed by atoms with E-state index in [-0.39, 0.29) is 12.5 Å². The summed E-state index contributed by atoms with van der Waals surface area (Å²) >= 11 is 1.50. The average molecular weight is 456 g/mol. The number of carbonyl (C=O) groups is 1. The highest BCUT2D eigenvalue weighted by Crippen LogP contribution is 2.33. The lowest BCUT2D eigenvalue weighted by Crippen LogP contribution is -2.25. The third-order valence-electron chi connectivity index (χ3n) is 5.19. The van der Waals surface area contributed by atoms with E-state index in [1.54, 1.807) is 18.6 Å². The zero-order chi connectivity index (χ0) is 22.8. The molecular weight excluding hydrogens is 434 g/mol. The molecule has 0 saturated heterocycles. The van der Waals surface area contributed by atoms with Gasteiger partial charge in [0.05, 0.1) is 23.3 Å². The lowest BCUT2D eigenvalue weighted by atomic mass is 10.1. The minimum atomic E-state index is -0.168. The van der Waals surface area contributed by atoms with Gasteiger partial charge in [0.1, 0.15) is 5.75 Å². The standard InChI is InChI=1S/C25H21N5O2S/c1-16-3-5-20(17(2)11-16)29-25-30(27-13-18-7-9-26-10-8-18)22(15-33-25)19-4-6-23-21(12-19)28-24(31)14-32-23/h3-13,15H,14H2,1-2H3,(H,28,31). The summed E-state index contributed by atoms with van der Waals surface area (Å²) in [5, 5.41) is 9.63. The van der Waals surface area contributed by atoms with Crippen LogP contribution < -0.4 is 14.9 Å². The van der Waals surface area contributed by atoms with Crippen LogP contribution in [0.25, 0.3) is 11.3 Å². The number of hydrogen-bond acceptors (Lipinski definition) is 6. The van der Waals surface area contributed by atoms with E-state index in [4.69, 9.17) is 14.8 Å². The Hall–Kier alpha value is -4.04. The highest BCUT2D eigenvalue weighted by molar-refractivity contribution is 7.07. The number of nitrogens with one attached hydrogen (secondary N) is 1. The molecule has 2 aromatic heterocycles. The van der Waals surface area contributed by atoms with E-state index in [9.17, 15) is 4.79 Å². The van der Waals surface area contributed by atoms with E-state index in [0.29, 0.717) is 11.4 Å². The minimum absolute atomic E-state index is 0.0277. The van der Waals surface area contributed by atoms with Crippen molar-refractivity contribution in [2.45, 2.75) is 13.8 Å². The molecular formula is C25H21N5O2S. The molecule has 3 heterocycles. The second-order valence-corrected chi connectivity index (χ2v) is 8.53. The summed E-state index contributed by atoms with van der Waals surface area (Å²) in [4.78, 5) is 21.5. The van der Waals surface area contributed by atoms with Crippen molar-refractivity contribution in [3.05, 3.63) is 87.8 Å². The third-order valence-corrected chi connectivity index (χ3v) is 6.01. The largest absolute Gasteiger partial charge is 0.482 e. The SMILES string of the molecule is Cc1ccc(N=c2scc(-c3ccc4c(c3)NC(=O)CO4)n2N=Cc2ccncc2)c(C)c1. The van der Waals surface area contributed by atoms with Crippen LogP contribution in [0.3, 0.4) is 0 Å². The number of thiazole rings is 1. The molecule has 1 aliphatic heterocycles. The minimum Gasteiger partial charge on any atom is -0.482 e. The summed E-state index contributed by atoms with van der Waals surface area (Å²) in [6.45, 7) is 4.15. The molecule has 0 radical (unpaired) electrons.